The molecule has 2 rings (SSSR count). The molecular weight excluding hydrogens is 314 g/mol. The Morgan fingerprint density at radius 3 is 2.86 bits per heavy atom. The topological polar surface area (TPSA) is 101 Å². The second kappa shape index (κ2) is 6.38. The number of furan rings is 1. The summed E-state index contributed by atoms with van der Waals surface area (Å²) in [5.41, 5.74) is 8.22. The number of rotatable bonds is 4. The molecule has 0 atom stereocenters. The fourth-order valence-electron chi connectivity index (χ4n) is 1.57. The molecule has 1 aromatic carbocycles. The molecule has 0 fully saturated rings. The minimum atomic E-state index is -1.04. The predicted molar refractivity (Wildman–Crippen MR) is 83.6 cm³/mol. The van der Waals surface area contributed by atoms with Crippen LogP contribution in [0.15, 0.2) is 39.9 Å². The Morgan fingerprint density at radius 2 is 2.19 bits per heavy atom. The first-order chi connectivity index (χ1) is 9.97. The minimum Gasteiger partial charge on any atom is -0.478 e. The van der Waals surface area contributed by atoms with Crippen LogP contribution in [0.4, 0.5) is 0 Å². The maximum atomic E-state index is 11.0. The predicted octanol–water partition coefficient (Wildman–Crippen LogP) is 2.47. The molecule has 0 aliphatic heterocycles. The van der Waals surface area contributed by atoms with E-state index in [0.29, 0.717) is 22.1 Å². The number of hydrogen-bond acceptors (Lipinski definition) is 4. The quantitative estimate of drug-likeness (QED) is 0.454. The summed E-state index contributed by atoms with van der Waals surface area (Å²) in [5.74, 6) is -0.174. The van der Waals surface area contributed by atoms with Crippen LogP contribution < -0.4 is 11.2 Å². The lowest BCUT2D eigenvalue weighted by molar-refractivity contribution is 0.0697. The van der Waals surface area contributed by atoms with Crippen LogP contribution in [0.25, 0.3) is 11.3 Å². The van der Waals surface area contributed by atoms with Crippen LogP contribution in [0.3, 0.4) is 0 Å². The number of nitrogens with one attached hydrogen (secondary N) is 1. The molecule has 0 bridgehead atoms. The number of halogens is 1. The van der Waals surface area contributed by atoms with Crippen LogP contribution in [-0.2, 0) is 0 Å². The standard InChI is InChI=1S/C13H10ClN3O3S/c14-10-3-1-7(12(18)19)5-9(10)11-4-2-8(20-11)6-16-17-13(15)21/h1-6H,(H,18,19)(H3,15,17,21)/b16-6-. The van der Waals surface area contributed by atoms with Gasteiger partial charge in [-0.05, 0) is 42.5 Å². The van der Waals surface area contributed by atoms with Crippen LogP contribution in [0.5, 0.6) is 0 Å². The van der Waals surface area contributed by atoms with Crippen molar-refractivity contribution in [3.8, 4) is 11.3 Å². The molecule has 1 heterocycles. The Kier molecular flexibility index (Phi) is 4.56. The monoisotopic (exact) mass is 323 g/mol. The highest BCUT2D eigenvalue weighted by molar-refractivity contribution is 7.80. The highest BCUT2D eigenvalue weighted by Gasteiger charge is 2.12. The zero-order chi connectivity index (χ0) is 15.4. The molecule has 6 nitrogen and oxygen atoms in total. The number of hydrogen-bond donors (Lipinski definition) is 3. The van der Waals surface area contributed by atoms with E-state index in [2.05, 4.69) is 22.7 Å². The molecule has 0 saturated carbocycles. The zero-order valence-electron chi connectivity index (χ0n) is 10.5. The van der Waals surface area contributed by atoms with Gasteiger partial charge in [-0.15, -0.1) is 0 Å². The normalized spacial score (nSPS) is 10.7. The van der Waals surface area contributed by atoms with Crippen molar-refractivity contribution in [3.63, 3.8) is 0 Å². The van der Waals surface area contributed by atoms with Crippen molar-refractivity contribution < 1.29 is 14.3 Å². The number of carboxylic acids is 1. The summed E-state index contributed by atoms with van der Waals surface area (Å²) in [4.78, 5) is 11.0. The van der Waals surface area contributed by atoms with E-state index in [-0.39, 0.29) is 10.7 Å². The molecule has 0 aliphatic rings. The summed E-state index contributed by atoms with van der Waals surface area (Å²) >= 11 is 10.7. The van der Waals surface area contributed by atoms with Gasteiger partial charge in [0.15, 0.2) is 5.11 Å². The third kappa shape index (κ3) is 3.80. The van der Waals surface area contributed by atoms with E-state index in [0.717, 1.165) is 0 Å². The molecule has 21 heavy (non-hydrogen) atoms. The number of hydrazone groups is 1. The van der Waals surface area contributed by atoms with Crippen molar-refractivity contribution in [1.29, 1.82) is 0 Å². The van der Waals surface area contributed by atoms with Gasteiger partial charge in [-0.3, -0.25) is 5.43 Å². The molecule has 0 saturated heterocycles. The fourth-order valence-corrected chi connectivity index (χ4v) is 1.84. The minimum absolute atomic E-state index is 0.0373. The summed E-state index contributed by atoms with van der Waals surface area (Å²) in [6.07, 6.45) is 1.39. The lowest BCUT2D eigenvalue weighted by Crippen LogP contribution is -2.23. The molecule has 1 aromatic heterocycles. The third-order valence-corrected chi connectivity index (χ3v) is 2.89. The lowest BCUT2D eigenvalue weighted by atomic mass is 10.1. The van der Waals surface area contributed by atoms with Crippen LogP contribution in [0.2, 0.25) is 5.02 Å². The first-order valence-electron chi connectivity index (χ1n) is 5.69. The van der Waals surface area contributed by atoms with E-state index in [4.69, 9.17) is 26.9 Å². The van der Waals surface area contributed by atoms with Gasteiger partial charge >= 0.3 is 5.97 Å². The molecular formula is C13H10ClN3O3S. The Balaban J connectivity index is 2.29. The number of aromatic carboxylic acids is 1. The van der Waals surface area contributed by atoms with Crippen LogP contribution >= 0.6 is 23.8 Å². The van der Waals surface area contributed by atoms with Gasteiger partial charge in [0, 0.05) is 5.56 Å². The van der Waals surface area contributed by atoms with E-state index < -0.39 is 5.97 Å². The number of benzene rings is 1. The second-order valence-electron chi connectivity index (χ2n) is 3.94. The summed E-state index contributed by atoms with van der Waals surface area (Å²) in [6, 6.07) is 7.69. The van der Waals surface area contributed by atoms with Gasteiger partial charge in [-0.2, -0.15) is 5.10 Å². The van der Waals surface area contributed by atoms with E-state index in [1.54, 1.807) is 12.1 Å². The van der Waals surface area contributed by atoms with Gasteiger partial charge in [0.25, 0.3) is 0 Å². The number of nitrogens with zero attached hydrogens (tertiary/aromatic N) is 1. The van der Waals surface area contributed by atoms with E-state index in [1.165, 1.54) is 24.4 Å². The molecule has 0 aliphatic carbocycles. The number of nitrogens with two attached hydrogens (primary N) is 1. The molecule has 0 amide bonds. The molecule has 2 aromatic rings. The van der Waals surface area contributed by atoms with Crippen molar-refractivity contribution in [2.45, 2.75) is 0 Å². The molecule has 8 heteroatoms. The largest absolute Gasteiger partial charge is 0.478 e. The van der Waals surface area contributed by atoms with Gasteiger partial charge in [0.1, 0.15) is 11.5 Å². The number of carbonyl (C=O) groups is 1. The third-order valence-electron chi connectivity index (χ3n) is 2.47. The van der Waals surface area contributed by atoms with Gasteiger partial charge in [0.05, 0.1) is 16.8 Å². The zero-order valence-corrected chi connectivity index (χ0v) is 12.1. The maximum Gasteiger partial charge on any atom is 0.335 e. The Hall–Kier alpha value is -2.38. The molecule has 108 valence electrons. The molecule has 0 radical (unpaired) electrons. The van der Waals surface area contributed by atoms with Gasteiger partial charge in [0.2, 0.25) is 0 Å². The van der Waals surface area contributed by atoms with Crippen LogP contribution in [0.1, 0.15) is 16.1 Å². The smallest absolute Gasteiger partial charge is 0.335 e. The fraction of sp³-hybridized carbons (Fsp3) is 0. The first kappa shape index (κ1) is 15.0. The van der Waals surface area contributed by atoms with Crippen molar-refractivity contribution in [3.05, 3.63) is 46.7 Å². The summed E-state index contributed by atoms with van der Waals surface area (Å²) < 4.78 is 5.52. The van der Waals surface area contributed by atoms with Crippen molar-refractivity contribution >= 4 is 41.1 Å². The van der Waals surface area contributed by atoms with Crippen molar-refractivity contribution in [1.82, 2.24) is 5.43 Å². The Morgan fingerprint density at radius 1 is 1.43 bits per heavy atom. The average molecular weight is 324 g/mol. The Bertz CT molecular complexity index is 727. The average Bonchev–Trinajstić information content (AvgIpc) is 2.87. The maximum absolute atomic E-state index is 11.0. The highest BCUT2D eigenvalue weighted by atomic mass is 35.5. The van der Waals surface area contributed by atoms with Crippen molar-refractivity contribution in [2.24, 2.45) is 10.8 Å². The summed E-state index contributed by atoms with van der Waals surface area (Å²) in [7, 11) is 0. The van der Waals surface area contributed by atoms with Gasteiger partial charge in [-0.1, -0.05) is 11.6 Å². The summed E-state index contributed by atoms with van der Waals surface area (Å²) in [6.45, 7) is 0. The van der Waals surface area contributed by atoms with E-state index in [1.807, 2.05) is 0 Å². The number of carboxylic acid groups (broad SMARTS) is 1. The van der Waals surface area contributed by atoms with Gasteiger partial charge < -0.3 is 15.3 Å². The first-order valence-corrected chi connectivity index (χ1v) is 6.47. The van der Waals surface area contributed by atoms with Crippen LogP contribution in [-0.4, -0.2) is 22.4 Å². The molecule has 0 unspecified atom stereocenters. The van der Waals surface area contributed by atoms with Crippen molar-refractivity contribution in [2.75, 3.05) is 0 Å². The molecule has 0 spiro atoms. The van der Waals surface area contributed by atoms with Crippen LogP contribution in [0, 0.1) is 0 Å². The summed E-state index contributed by atoms with van der Waals surface area (Å²) in [5, 5.41) is 13.2. The SMILES string of the molecule is NC(=S)N/N=C\c1ccc(-c2cc(C(=O)O)ccc2Cl)o1. The van der Waals surface area contributed by atoms with E-state index >= 15 is 0 Å². The van der Waals surface area contributed by atoms with E-state index in [9.17, 15) is 4.79 Å². The highest BCUT2D eigenvalue weighted by Crippen LogP contribution is 2.30. The van der Waals surface area contributed by atoms with Gasteiger partial charge in [-0.25, -0.2) is 4.79 Å². The Labute approximate surface area is 130 Å². The number of thiocarbonyl (C=S) groups is 1. The molecule has 4 N–H and O–H groups in total. The second-order valence-corrected chi connectivity index (χ2v) is 4.78. The lowest BCUT2D eigenvalue weighted by Gasteiger charge is -2.02.